The summed E-state index contributed by atoms with van der Waals surface area (Å²) in [6.45, 7) is 4.36. The third-order valence-corrected chi connectivity index (χ3v) is 1.14. The summed E-state index contributed by atoms with van der Waals surface area (Å²) in [6, 6.07) is 0. The van der Waals surface area contributed by atoms with Crippen LogP contribution in [-0.4, -0.2) is 15.8 Å². The van der Waals surface area contributed by atoms with E-state index in [9.17, 15) is 0 Å². The average Bonchev–Trinajstić information content (AvgIpc) is 1.35. The monoisotopic (exact) mass is 182 g/mol. The number of halogens is 1. The number of hydrogen-bond acceptors (Lipinski definition) is 0. The summed E-state index contributed by atoms with van der Waals surface area (Å²) >= 11 is 3.43. The van der Waals surface area contributed by atoms with Gasteiger partial charge in [0, 0.05) is 4.83 Å². The van der Waals surface area contributed by atoms with E-state index in [1.54, 1.807) is 0 Å². The van der Waals surface area contributed by atoms with Gasteiger partial charge in [-0.15, -0.1) is 0 Å². The van der Waals surface area contributed by atoms with Crippen LogP contribution in [0.15, 0.2) is 0 Å². The average molecular weight is 183 g/mol. The minimum atomic E-state index is 0. The molecule has 0 bridgehead atoms. The third kappa shape index (κ3) is 10.8. The Kier molecular flexibility index (Phi) is 10.2. The van der Waals surface area contributed by atoms with Crippen molar-refractivity contribution < 1.29 is 0 Å². The van der Waals surface area contributed by atoms with Crippen LogP contribution >= 0.6 is 15.9 Å². The van der Waals surface area contributed by atoms with Crippen molar-refractivity contribution >= 4 is 26.9 Å². The molecule has 7 heavy (non-hydrogen) atoms. The highest BCUT2D eigenvalue weighted by molar-refractivity contribution is 9.09. The number of hydrogen-bond donors (Lipinski definition) is 0. The van der Waals surface area contributed by atoms with Crippen LogP contribution in [0.5, 0.6) is 0 Å². The molecule has 0 saturated carbocycles. The molecule has 0 aliphatic heterocycles. The lowest BCUT2D eigenvalue weighted by molar-refractivity contribution is 0.797. The third-order valence-electron chi connectivity index (χ3n) is 0.686. The molecule has 0 aliphatic rings. The van der Waals surface area contributed by atoms with Crippen molar-refractivity contribution in [3.8, 4) is 0 Å². The minimum absolute atomic E-state index is 0. The van der Waals surface area contributed by atoms with Gasteiger partial charge in [0.15, 0.2) is 0 Å². The van der Waals surface area contributed by atoms with E-state index in [2.05, 4.69) is 29.8 Å². The van der Waals surface area contributed by atoms with Gasteiger partial charge in [-0.05, 0) is 17.4 Å². The van der Waals surface area contributed by atoms with Gasteiger partial charge in [-0.1, -0.05) is 36.2 Å². The highest BCUT2D eigenvalue weighted by atomic mass is 79.9. The number of alkyl halides is 1. The lowest BCUT2D eigenvalue weighted by Crippen LogP contribution is -1.84. The zero-order chi connectivity index (χ0) is 4.99. The standard InChI is InChI=1S/C5H11Br.H4Si/c1-3-4-5(2)6;/h5H,3-4H2,1-2H3;1H4. The molecule has 0 amide bonds. The van der Waals surface area contributed by atoms with Crippen molar-refractivity contribution in [2.45, 2.75) is 31.5 Å². The second-order valence-corrected chi connectivity index (χ2v) is 3.13. The molecule has 0 N–H and O–H groups in total. The van der Waals surface area contributed by atoms with E-state index in [1.807, 2.05) is 0 Å². The first kappa shape index (κ1) is 10.6. The molecule has 0 rings (SSSR count). The van der Waals surface area contributed by atoms with Gasteiger partial charge in [0.05, 0.1) is 0 Å². The second-order valence-electron chi connectivity index (χ2n) is 1.57. The van der Waals surface area contributed by atoms with E-state index >= 15 is 0 Å². The molecule has 1 atom stereocenters. The Labute approximate surface area is 58.8 Å². The largest absolute Gasteiger partial charge is 0.0894 e. The predicted octanol–water partition coefficient (Wildman–Crippen LogP) is 1.12. The van der Waals surface area contributed by atoms with E-state index in [0.717, 1.165) is 0 Å². The first-order valence-electron chi connectivity index (χ1n) is 2.41. The van der Waals surface area contributed by atoms with Crippen LogP contribution in [0.2, 0.25) is 0 Å². The van der Waals surface area contributed by atoms with E-state index < -0.39 is 0 Å². The second kappa shape index (κ2) is 6.70. The Morgan fingerprint density at radius 2 is 2.00 bits per heavy atom. The molecule has 0 aromatic carbocycles. The van der Waals surface area contributed by atoms with Crippen LogP contribution in [0.4, 0.5) is 0 Å². The Morgan fingerprint density at radius 1 is 1.57 bits per heavy atom. The maximum absolute atomic E-state index is 3.43. The van der Waals surface area contributed by atoms with Crippen LogP contribution in [0.3, 0.4) is 0 Å². The van der Waals surface area contributed by atoms with Crippen molar-refractivity contribution in [2.75, 3.05) is 0 Å². The van der Waals surface area contributed by atoms with Crippen LogP contribution in [-0.2, 0) is 0 Å². The fourth-order valence-corrected chi connectivity index (χ4v) is 0.856. The molecule has 0 aromatic heterocycles. The maximum atomic E-state index is 3.43. The van der Waals surface area contributed by atoms with Gasteiger partial charge >= 0.3 is 0 Å². The summed E-state index contributed by atoms with van der Waals surface area (Å²) < 4.78 is 0. The van der Waals surface area contributed by atoms with Crippen LogP contribution in [0.1, 0.15) is 26.7 Å². The van der Waals surface area contributed by atoms with Crippen LogP contribution in [0, 0.1) is 0 Å². The minimum Gasteiger partial charge on any atom is -0.0894 e. The molecule has 0 aliphatic carbocycles. The zero-order valence-electron chi connectivity index (χ0n) is 4.37. The molecule has 46 valence electrons. The fraction of sp³-hybridized carbons (Fsp3) is 1.00. The van der Waals surface area contributed by atoms with Gasteiger partial charge in [-0.3, -0.25) is 0 Å². The molecule has 0 heterocycles. The lowest BCUT2D eigenvalue weighted by atomic mass is 10.3. The fourth-order valence-electron chi connectivity index (χ4n) is 0.398. The van der Waals surface area contributed by atoms with Crippen molar-refractivity contribution in [2.24, 2.45) is 0 Å². The summed E-state index contributed by atoms with van der Waals surface area (Å²) in [7, 11) is 0. The summed E-state index contributed by atoms with van der Waals surface area (Å²) in [6.07, 6.45) is 2.58. The topological polar surface area (TPSA) is 0 Å². The Balaban J connectivity index is 0. The molecular formula is C5H15BrSi. The lowest BCUT2D eigenvalue weighted by Gasteiger charge is -1.93. The van der Waals surface area contributed by atoms with E-state index in [1.165, 1.54) is 12.8 Å². The van der Waals surface area contributed by atoms with Crippen LogP contribution in [0.25, 0.3) is 0 Å². The van der Waals surface area contributed by atoms with Crippen LogP contribution < -0.4 is 0 Å². The summed E-state index contributed by atoms with van der Waals surface area (Å²) in [5.41, 5.74) is 0. The summed E-state index contributed by atoms with van der Waals surface area (Å²) in [5, 5.41) is 0. The maximum Gasteiger partial charge on any atom is 0.0117 e. The summed E-state index contributed by atoms with van der Waals surface area (Å²) in [5.74, 6) is 0. The molecule has 0 spiro atoms. The normalized spacial score (nSPS) is 12.4. The molecule has 0 aromatic rings. The highest BCUT2D eigenvalue weighted by Crippen LogP contribution is 2.04. The molecule has 1 unspecified atom stereocenters. The smallest absolute Gasteiger partial charge is 0.0117 e. The van der Waals surface area contributed by atoms with Gasteiger partial charge < -0.3 is 0 Å². The quantitative estimate of drug-likeness (QED) is 0.444. The predicted molar refractivity (Wildman–Crippen MR) is 44.6 cm³/mol. The van der Waals surface area contributed by atoms with E-state index in [0.29, 0.717) is 4.83 Å². The van der Waals surface area contributed by atoms with Crippen molar-refractivity contribution in [3.63, 3.8) is 0 Å². The SMILES string of the molecule is CCCC(C)Br.[SiH4]. The Hall–Kier alpha value is 0.697. The molecular weight excluding hydrogens is 168 g/mol. The van der Waals surface area contributed by atoms with Crippen molar-refractivity contribution in [1.29, 1.82) is 0 Å². The molecule has 0 fully saturated rings. The van der Waals surface area contributed by atoms with Gasteiger partial charge in [0.1, 0.15) is 0 Å². The number of rotatable bonds is 2. The summed E-state index contributed by atoms with van der Waals surface area (Å²) in [4.78, 5) is 0.711. The van der Waals surface area contributed by atoms with Gasteiger partial charge in [0.25, 0.3) is 0 Å². The highest BCUT2D eigenvalue weighted by Gasteiger charge is 1.87. The van der Waals surface area contributed by atoms with Gasteiger partial charge in [0.2, 0.25) is 0 Å². The molecule has 0 radical (unpaired) electrons. The molecule has 0 saturated heterocycles. The molecule has 0 nitrogen and oxygen atoms in total. The first-order valence-corrected chi connectivity index (χ1v) is 3.33. The van der Waals surface area contributed by atoms with E-state index in [4.69, 9.17) is 0 Å². The van der Waals surface area contributed by atoms with Crippen molar-refractivity contribution in [1.82, 2.24) is 0 Å². The van der Waals surface area contributed by atoms with Gasteiger partial charge in [-0.25, -0.2) is 0 Å². The Morgan fingerprint density at radius 3 is 2.00 bits per heavy atom. The first-order chi connectivity index (χ1) is 2.77. The van der Waals surface area contributed by atoms with Crippen molar-refractivity contribution in [3.05, 3.63) is 0 Å². The van der Waals surface area contributed by atoms with E-state index in [-0.39, 0.29) is 11.0 Å². The van der Waals surface area contributed by atoms with Gasteiger partial charge in [-0.2, -0.15) is 0 Å². The molecule has 2 heteroatoms. The zero-order valence-corrected chi connectivity index (χ0v) is 5.96. The Bertz CT molecular complexity index is 29.3.